The van der Waals surface area contributed by atoms with Crippen molar-refractivity contribution in [2.75, 3.05) is 18.0 Å². The molecule has 0 amide bonds. The minimum absolute atomic E-state index is 0.0342. The molecule has 5 nitrogen and oxygen atoms in total. The zero-order valence-corrected chi connectivity index (χ0v) is 12.1. The molecule has 21 heavy (non-hydrogen) atoms. The van der Waals surface area contributed by atoms with Gasteiger partial charge in [0.1, 0.15) is 0 Å². The van der Waals surface area contributed by atoms with E-state index in [0.29, 0.717) is 18.8 Å². The van der Waals surface area contributed by atoms with E-state index in [1.165, 1.54) is 12.1 Å². The monoisotopic (exact) mass is 319 g/mol. The predicted octanol–water partition coefficient (Wildman–Crippen LogP) is 1.84. The summed E-state index contributed by atoms with van der Waals surface area (Å²) in [5.41, 5.74) is 0.692. The number of halogens is 2. The molecule has 1 atom stereocenters. The zero-order chi connectivity index (χ0) is 15.8. The Morgan fingerprint density at radius 3 is 2.24 bits per heavy atom. The maximum Gasteiger partial charge on any atom is 0.341 e. The first-order chi connectivity index (χ1) is 9.73. The van der Waals surface area contributed by atoms with Gasteiger partial charge in [-0.15, -0.1) is 0 Å². The molecule has 1 aromatic carbocycles. The number of rotatable bonds is 5. The molecule has 0 spiro atoms. The van der Waals surface area contributed by atoms with E-state index >= 15 is 0 Å². The van der Waals surface area contributed by atoms with E-state index in [1.54, 1.807) is 6.92 Å². The molecule has 0 aliphatic carbocycles. The number of carboxylic acids is 1. The van der Waals surface area contributed by atoms with Gasteiger partial charge < -0.3 is 10.0 Å². The Balaban J connectivity index is 2.04. The highest BCUT2D eigenvalue weighted by Gasteiger charge is 2.35. The molecule has 1 aliphatic heterocycles. The summed E-state index contributed by atoms with van der Waals surface area (Å²) >= 11 is 0. The van der Waals surface area contributed by atoms with E-state index < -0.39 is 32.4 Å². The summed E-state index contributed by atoms with van der Waals surface area (Å²) < 4.78 is 47.4. The van der Waals surface area contributed by atoms with Crippen molar-refractivity contribution in [1.82, 2.24) is 0 Å². The normalized spacial score (nSPS) is 17.6. The molecule has 0 saturated carbocycles. The summed E-state index contributed by atoms with van der Waals surface area (Å²) in [5, 5.41) is 8.90. The Bertz CT molecular complexity index is 624. The molecular weight excluding hydrogens is 304 g/mol. The van der Waals surface area contributed by atoms with Gasteiger partial charge >= 0.3 is 11.7 Å². The van der Waals surface area contributed by atoms with Crippen molar-refractivity contribution in [2.45, 2.75) is 17.6 Å². The number of aliphatic carboxylic acids is 1. The molecule has 0 radical (unpaired) electrons. The fourth-order valence-corrected chi connectivity index (χ4v) is 2.91. The second-order valence-electron chi connectivity index (χ2n) is 5.09. The third-order valence-corrected chi connectivity index (χ3v) is 5.17. The zero-order valence-electron chi connectivity index (χ0n) is 11.2. The average molecular weight is 319 g/mol. The lowest BCUT2D eigenvalue weighted by atomic mass is 9.87. The van der Waals surface area contributed by atoms with Crippen LogP contribution in [0.1, 0.15) is 6.92 Å². The summed E-state index contributed by atoms with van der Waals surface area (Å²) in [6.07, 6.45) is 0. The van der Waals surface area contributed by atoms with Crippen LogP contribution < -0.4 is 4.90 Å². The van der Waals surface area contributed by atoms with E-state index in [2.05, 4.69) is 0 Å². The topological polar surface area (TPSA) is 74.7 Å². The number of carbonyl (C=O) groups is 1. The van der Waals surface area contributed by atoms with E-state index in [4.69, 9.17) is 5.11 Å². The second-order valence-corrected chi connectivity index (χ2v) is 7.01. The van der Waals surface area contributed by atoms with Gasteiger partial charge in [0.2, 0.25) is 9.84 Å². The summed E-state index contributed by atoms with van der Waals surface area (Å²) in [4.78, 5) is 12.3. The first kappa shape index (κ1) is 15.7. The largest absolute Gasteiger partial charge is 0.481 e. The number of sulfone groups is 1. The van der Waals surface area contributed by atoms with Crippen LogP contribution in [0.15, 0.2) is 29.2 Å². The Labute approximate surface area is 121 Å². The minimum atomic E-state index is -4.57. The van der Waals surface area contributed by atoms with Gasteiger partial charge in [-0.05, 0) is 24.3 Å². The van der Waals surface area contributed by atoms with Crippen molar-refractivity contribution in [3.05, 3.63) is 24.3 Å². The molecule has 1 fully saturated rings. The van der Waals surface area contributed by atoms with Crippen LogP contribution in [0.4, 0.5) is 14.5 Å². The van der Waals surface area contributed by atoms with Crippen molar-refractivity contribution in [1.29, 1.82) is 0 Å². The number of nitrogens with zero attached hydrogens (tertiary/aromatic N) is 1. The third kappa shape index (κ3) is 2.99. The van der Waals surface area contributed by atoms with Gasteiger partial charge in [-0.25, -0.2) is 8.42 Å². The fourth-order valence-electron chi connectivity index (χ4n) is 2.19. The Hall–Kier alpha value is -1.70. The molecule has 0 aromatic heterocycles. The molecule has 1 N–H and O–H groups in total. The summed E-state index contributed by atoms with van der Waals surface area (Å²) in [6, 6.07) is 5.20. The Kier molecular flexibility index (Phi) is 4.18. The molecular formula is C13H15F2NO4S. The predicted molar refractivity (Wildman–Crippen MR) is 72.1 cm³/mol. The standard InChI is InChI=1S/C13H15F2NO4S/c1-8(12(17)18)9-6-16(7-9)10-2-4-11(5-3-10)21(19,20)13(14)15/h2-5,8-9,13H,6-7H2,1H3,(H,17,18). The van der Waals surface area contributed by atoms with Crippen LogP contribution in [-0.4, -0.2) is 38.3 Å². The van der Waals surface area contributed by atoms with E-state index in [-0.39, 0.29) is 5.92 Å². The number of benzene rings is 1. The maximum absolute atomic E-state index is 12.4. The van der Waals surface area contributed by atoms with E-state index in [0.717, 1.165) is 12.1 Å². The Morgan fingerprint density at radius 2 is 1.81 bits per heavy atom. The molecule has 1 aliphatic rings. The molecule has 8 heteroatoms. The minimum Gasteiger partial charge on any atom is -0.481 e. The quantitative estimate of drug-likeness (QED) is 0.896. The van der Waals surface area contributed by atoms with Gasteiger partial charge in [-0.3, -0.25) is 4.79 Å². The van der Waals surface area contributed by atoms with Crippen molar-refractivity contribution in [2.24, 2.45) is 11.8 Å². The second kappa shape index (κ2) is 5.59. The number of hydrogen-bond acceptors (Lipinski definition) is 4. The van der Waals surface area contributed by atoms with Crippen molar-refractivity contribution in [3.8, 4) is 0 Å². The van der Waals surface area contributed by atoms with E-state index in [1.807, 2.05) is 4.90 Å². The lowest BCUT2D eigenvalue weighted by Gasteiger charge is -2.43. The van der Waals surface area contributed by atoms with Gasteiger partial charge in [-0.2, -0.15) is 8.78 Å². The van der Waals surface area contributed by atoms with Crippen molar-refractivity contribution in [3.63, 3.8) is 0 Å². The molecule has 1 saturated heterocycles. The van der Waals surface area contributed by atoms with Crippen molar-refractivity contribution >= 4 is 21.5 Å². The first-order valence-corrected chi connectivity index (χ1v) is 7.88. The summed E-state index contributed by atoms with van der Waals surface area (Å²) in [6.45, 7) is 2.74. The molecule has 2 rings (SSSR count). The van der Waals surface area contributed by atoms with Crippen LogP contribution in [0.25, 0.3) is 0 Å². The molecule has 1 heterocycles. The molecule has 116 valence electrons. The highest BCUT2D eigenvalue weighted by atomic mass is 32.2. The first-order valence-electron chi connectivity index (χ1n) is 6.33. The maximum atomic E-state index is 12.4. The van der Waals surface area contributed by atoms with Crippen LogP contribution in [-0.2, 0) is 14.6 Å². The summed E-state index contributed by atoms with van der Waals surface area (Å²) in [7, 11) is -4.57. The Morgan fingerprint density at radius 1 is 1.29 bits per heavy atom. The third-order valence-electron chi connectivity index (χ3n) is 3.77. The van der Waals surface area contributed by atoms with Crippen LogP contribution in [0.2, 0.25) is 0 Å². The smallest absolute Gasteiger partial charge is 0.341 e. The average Bonchev–Trinajstić information content (AvgIpc) is 2.37. The number of alkyl halides is 2. The SMILES string of the molecule is CC(C(=O)O)C1CN(c2ccc(S(=O)(=O)C(F)F)cc2)C1. The van der Waals surface area contributed by atoms with Gasteiger partial charge in [0.15, 0.2) is 0 Å². The molecule has 1 unspecified atom stereocenters. The summed E-state index contributed by atoms with van der Waals surface area (Å²) in [5.74, 6) is -4.70. The highest BCUT2D eigenvalue weighted by molar-refractivity contribution is 7.91. The van der Waals surface area contributed by atoms with Crippen LogP contribution in [0, 0.1) is 11.8 Å². The van der Waals surface area contributed by atoms with Crippen molar-refractivity contribution < 1.29 is 27.1 Å². The lowest BCUT2D eigenvalue weighted by molar-refractivity contribution is -0.143. The number of hydrogen-bond donors (Lipinski definition) is 1. The number of carboxylic acid groups (broad SMARTS) is 1. The lowest BCUT2D eigenvalue weighted by Crippen LogP contribution is -2.51. The number of anilines is 1. The van der Waals surface area contributed by atoms with Crippen LogP contribution in [0.5, 0.6) is 0 Å². The van der Waals surface area contributed by atoms with Gasteiger partial charge in [0, 0.05) is 24.7 Å². The van der Waals surface area contributed by atoms with Crippen LogP contribution >= 0.6 is 0 Å². The van der Waals surface area contributed by atoms with Crippen LogP contribution in [0.3, 0.4) is 0 Å². The highest BCUT2D eigenvalue weighted by Crippen LogP contribution is 2.30. The van der Waals surface area contributed by atoms with Gasteiger partial charge in [0.25, 0.3) is 0 Å². The fraction of sp³-hybridized carbons (Fsp3) is 0.462. The molecule has 1 aromatic rings. The van der Waals surface area contributed by atoms with E-state index in [9.17, 15) is 22.0 Å². The molecule has 0 bridgehead atoms. The van der Waals surface area contributed by atoms with Gasteiger partial charge in [-0.1, -0.05) is 6.92 Å². The van der Waals surface area contributed by atoms with Gasteiger partial charge in [0.05, 0.1) is 10.8 Å².